The Kier molecular flexibility index (Phi) is 4.08. The molecule has 1 aromatic carbocycles. The molecular weight excluding hydrogens is 292 g/mol. The number of halogens is 2. The highest BCUT2D eigenvalue weighted by atomic mass is 32.1. The van der Waals surface area contributed by atoms with Crippen LogP contribution >= 0.6 is 12.2 Å². The second-order valence-corrected chi connectivity index (χ2v) is 6.17. The molecule has 0 radical (unpaired) electrons. The fourth-order valence-corrected chi connectivity index (χ4v) is 3.48. The van der Waals surface area contributed by atoms with Gasteiger partial charge in [-0.2, -0.15) is 0 Å². The number of hydrogen-bond donors (Lipinski definition) is 1. The number of rotatable bonds is 4. The Balaban J connectivity index is 1.83. The van der Waals surface area contributed by atoms with E-state index < -0.39 is 11.6 Å². The number of likely N-dealkylation sites (N-methyl/N-ethyl adjacent to an activating group) is 1. The van der Waals surface area contributed by atoms with E-state index in [2.05, 4.69) is 16.9 Å². The van der Waals surface area contributed by atoms with Gasteiger partial charge in [-0.1, -0.05) is 12.8 Å². The van der Waals surface area contributed by atoms with Crippen LogP contribution in [0.2, 0.25) is 0 Å². The standard InChI is InChI=1S/C15H19F2N3S/c1-19(11-4-2-3-5-11)6-7-20-13-9-10(16)8-12(17)14(13)18-15(20)21/h8-9,11H,2-7H2,1H3,(H,18,21). The van der Waals surface area contributed by atoms with Crippen molar-refractivity contribution in [3.8, 4) is 0 Å². The van der Waals surface area contributed by atoms with Crippen molar-refractivity contribution in [2.24, 2.45) is 0 Å². The topological polar surface area (TPSA) is 24.0 Å². The molecule has 0 spiro atoms. The Morgan fingerprint density at radius 2 is 2.05 bits per heavy atom. The molecule has 1 saturated carbocycles. The number of fused-ring (bicyclic) bond motifs is 1. The molecule has 3 rings (SSSR count). The van der Waals surface area contributed by atoms with Crippen molar-refractivity contribution in [2.75, 3.05) is 13.6 Å². The third kappa shape index (κ3) is 2.87. The number of nitrogens with one attached hydrogen (secondary N) is 1. The number of nitrogens with zero attached hydrogens (tertiary/aromatic N) is 2. The molecule has 1 heterocycles. The minimum atomic E-state index is -0.598. The van der Waals surface area contributed by atoms with Crippen molar-refractivity contribution in [1.29, 1.82) is 0 Å². The maximum Gasteiger partial charge on any atom is 0.178 e. The number of H-pyrrole nitrogens is 1. The van der Waals surface area contributed by atoms with Gasteiger partial charge in [0.05, 0.1) is 5.52 Å². The monoisotopic (exact) mass is 311 g/mol. The van der Waals surface area contributed by atoms with Crippen LogP contribution in [0.4, 0.5) is 8.78 Å². The van der Waals surface area contributed by atoms with Crippen LogP contribution in [0.5, 0.6) is 0 Å². The first kappa shape index (κ1) is 14.7. The van der Waals surface area contributed by atoms with E-state index in [9.17, 15) is 8.78 Å². The third-order valence-corrected chi connectivity index (χ3v) is 4.75. The van der Waals surface area contributed by atoms with Crippen LogP contribution < -0.4 is 0 Å². The molecule has 0 saturated heterocycles. The maximum atomic E-state index is 13.7. The minimum Gasteiger partial charge on any atom is -0.328 e. The summed E-state index contributed by atoms with van der Waals surface area (Å²) < 4.78 is 29.4. The lowest BCUT2D eigenvalue weighted by atomic mass is 10.2. The van der Waals surface area contributed by atoms with Gasteiger partial charge in [-0.3, -0.25) is 0 Å². The second kappa shape index (κ2) is 5.85. The lowest BCUT2D eigenvalue weighted by Gasteiger charge is -2.24. The van der Waals surface area contributed by atoms with Crippen molar-refractivity contribution in [1.82, 2.24) is 14.5 Å². The van der Waals surface area contributed by atoms with Gasteiger partial charge >= 0.3 is 0 Å². The van der Waals surface area contributed by atoms with Crippen LogP contribution in [-0.4, -0.2) is 34.1 Å². The highest BCUT2D eigenvalue weighted by Crippen LogP contribution is 2.23. The third-order valence-electron chi connectivity index (χ3n) is 4.43. The van der Waals surface area contributed by atoms with Crippen LogP contribution in [0.15, 0.2) is 12.1 Å². The molecule has 0 atom stereocenters. The molecule has 21 heavy (non-hydrogen) atoms. The summed E-state index contributed by atoms with van der Waals surface area (Å²) in [5.41, 5.74) is 0.780. The van der Waals surface area contributed by atoms with E-state index in [-0.39, 0.29) is 5.52 Å². The molecule has 2 aromatic rings. The molecule has 1 fully saturated rings. The summed E-state index contributed by atoms with van der Waals surface area (Å²) >= 11 is 5.24. The lowest BCUT2D eigenvalue weighted by molar-refractivity contribution is 0.237. The molecule has 0 unspecified atom stereocenters. The summed E-state index contributed by atoms with van der Waals surface area (Å²) in [4.78, 5) is 5.16. The molecule has 1 aliphatic carbocycles. The van der Waals surface area contributed by atoms with Crippen LogP contribution in [0.1, 0.15) is 25.7 Å². The molecule has 0 aliphatic heterocycles. The smallest absolute Gasteiger partial charge is 0.178 e. The van der Waals surface area contributed by atoms with Gasteiger partial charge in [0, 0.05) is 25.2 Å². The summed E-state index contributed by atoms with van der Waals surface area (Å²) in [7, 11) is 2.11. The van der Waals surface area contributed by atoms with Gasteiger partial charge in [0.25, 0.3) is 0 Å². The van der Waals surface area contributed by atoms with Crippen molar-refractivity contribution >= 4 is 23.3 Å². The number of aromatic amines is 1. The number of imidazole rings is 1. The first-order chi connectivity index (χ1) is 10.1. The SMILES string of the molecule is CN(CCn1c(=S)[nH]c2c(F)cc(F)cc21)C1CCCC1. The van der Waals surface area contributed by atoms with Gasteiger partial charge in [0.1, 0.15) is 11.3 Å². The van der Waals surface area contributed by atoms with Gasteiger partial charge in [-0.15, -0.1) is 0 Å². The van der Waals surface area contributed by atoms with Crippen molar-refractivity contribution in [3.05, 3.63) is 28.5 Å². The zero-order valence-corrected chi connectivity index (χ0v) is 12.8. The second-order valence-electron chi connectivity index (χ2n) is 5.78. The van der Waals surface area contributed by atoms with Crippen LogP contribution in [0.25, 0.3) is 11.0 Å². The van der Waals surface area contributed by atoms with E-state index >= 15 is 0 Å². The summed E-state index contributed by atoms with van der Waals surface area (Å²) in [6, 6.07) is 2.83. The van der Waals surface area contributed by atoms with E-state index in [4.69, 9.17) is 12.2 Å². The fourth-order valence-electron chi connectivity index (χ4n) is 3.19. The van der Waals surface area contributed by atoms with Gasteiger partial charge in [-0.05, 0) is 38.2 Å². The van der Waals surface area contributed by atoms with Gasteiger partial charge < -0.3 is 14.5 Å². The predicted octanol–water partition coefficient (Wildman–Crippen LogP) is 3.85. The lowest BCUT2D eigenvalue weighted by Crippen LogP contribution is -2.32. The highest BCUT2D eigenvalue weighted by Gasteiger charge is 2.19. The average molecular weight is 311 g/mol. The molecule has 1 aliphatic rings. The number of hydrogen-bond acceptors (Lipinski definition) is 2. The van der Waals surface area contributed by atoms with Crippen LogP contribution in [0.3, 0.4) is 0 Å². The molecule has 3 nitrogen and oxygen atoms in total. The first-order valence-corrected chi connectivity index (χ1v) is 7.75. The normalized spacial score (nSPS) is 16.4. The molecule has 0 bridgehead atoms. The Hall–Kier alpha value is -1.27. The zero-order chi connectivity index (χ0) is 15.0. The largest absolute Gasteiger partial charge is 0.328 e. The summed E-state index contributed by atoms with van der Waals surface area (Å²) in [5.74, 6) is -1.18. The Morgan fingerprint density at radius 1 is 1.33 bits per heavy atom. The van der Waals surface area contributed by atoms with Gasteiger partial charge in [0.2, 0.25) is 0 Å². The molecular formula is C15H19F2N3S. The fraction of sp³-hybridized carbons (Fsp3) is 0.533. The molecule has 114 valence electrons. The highest BCUT2D eigenvalue weighted by molar-refractivity contribution is 7.71. The molecule has 1 aromatic heterocycles. The quantitative estimate of drug-likeness (QED) is 0.867. The van der Waals surface area contributed by atoms with E-state index in [1.54, 1.807) is 4.57 Å². The van der Waals surface area contributed by atoms with E-state index in [1.165, 1.54) is 31.7 Å². The molecule has 1 N–H and O–H groups in total. The molecule has 6 heteroatoms. The van der Waals surface area contributed by atoms with Gasteiger partial charge in [-0.25, -0.2) is 8.78 Å². The summed E-state index contributed by atoms with van der Waals surface area (Å²) in [6.07, 6.45) is 5.05. The van der Waals surface area contributed by atoms with E-state index in [1.807, 2.05) is 0 Å². The van der Waals surface area contributed by atoms with Crippen molar-refractivity contribution in [2.45, 2.75) is 38.3 Å². The van der Waals surface area contributed by atoms with Gasteiger partial charge in [0.15, 0.2) is 10.6 Å². The summed E-state index contributed by atoms with van der Waals surface area (Å²) in [5, 5.41) is 0. The summed E-state index contributed by atoms with van der Waals surface area (Å²) in [6.45, 7) is 1.46. The predicted molar refractivity (Wildman–Crippen MR) is 81.9 cm³/mol. The average Bonchev–Trinajstić information content (AvgIpc) is 3.05. The van der Waals surface area contributed by atoms with Crippen molar-refractivity contribution < 1.29 is 8.78 Å². The number of benzene rings is 1. The molecule has 0 amide bonds. The first-order valence-electron chi connectivity index (χ1n) is 7.34. The minimum absolute atomic E-state index is 0.282. The van der Waals surface area contributed by atoms with E-state index in [0.717, 1.165) is 12.6 Å². The Bertz CT molecular complexity index is 701. The van der Waals surface area contributed by atoms with Crippen LogP contribution in [-0.2, 0) is 6.54 Å². The number of aromatic nitrogens is 2. The Morgan fingerprint density at radius 3 is 2.76 bits per heavy atom. The Labute approximate surface area is 127 Å². The van der Waals surface area contributed by atoms with E-state index in [0.29, 0.717) is 22.9 Å². The van der Waals surface area contributed by atoms with Crippen molar-refractivity contribution in [3.63, 3.8) is 0 Å². The van der Waals surface area contributed by atoms with Crippen LogP contribution in [0, 0.1) is 16.4 Å². The zero-order valence-electron chi connectivity index (χ0n) is 12.0. The maximum absolute atomic E-state index is 13.7.